The molecule has 0 atom stereocenters. The van der Waals surface area contributed by atoms with Gasteiger partial charge in [-0.1, -0.05) is 13.0 Å². The van der Waals surface area contributed by atoms with Crippen LogP contribution in [0.4, 0.5) is 0 Å². The van der Waals surface area contributed by atoms with Gasteiger partial charge in [-0.3, -0.25) is 14.4 Å². The number of H-pyrrole nitrogens is 1. The van der Waals surface area contributed by atoms with Crippen LogP contribution >= 0.6 is 11.3 Å². The van der Waals surface area contributed by atoms with E-state index in [2.05, 4.69) is 44.4 Å². The largest absolute Gasteiger partial charge is 0.309 e. The Kier molecular flexibility index (Phi) is 3.85. The van der Waals surface area contributed by atoms with E-state index >= 15 is 0 Å². The summed E-state index contributed by atoms with van der Waals surface area (Å²) in [5.74, 6) is 0.675. The van der Waals surface area contributed by atoms with Crippen molar-refractivity contribution in [2.45, 2.75) is 20.0 Å². The summed E-state index contributed by atoms with van der Waals surface area (Å²) in [6.07, 6.45) is 1.55. The van der Waals surface area contributed by atoms with Crippen LogP contribution in [0.2, 0.25) is 0 Å². The molecule has 0 aliphatic rings. The fourth-order valence-electron chi connectivity index (χ4n) is 2.27. The first kappa shape index (κ1) is 14.0. The Hall–Kier alpha value is -1.99. The Morgan fingerprint density at radius 3 is 3.00 bits per heavy atom. The van der Waals surface area contributed by atoms with E-state index in [0.29, 0.717) is 23.4 Å². The molecule has 0 aliphatic heterocycles. The van der Waals surface area contributed by atoms with E-state index in [9.17, 15) is 4.79 Å². The number of aryl methyl sites for hydroxylation is 1. The number of nitrogens with one attached hydrogen (secondary N) is 1. The molecule has 110 valence electrons. The van der Waals surface area contributed by atoms with Crippen LogP contribution in [0.3, 0.4) is 0 Å². The maximum Gasteiger partial charge on any atom is 0.262 e. The van der Waals surface area contributed by atoms with Crippen molar-refractivity contribution in [1.29, 1.82) is 0 Å². The molecule has 0 saturated carbocycles. The first-order chi connectivity index (χ1) is 10.2. The molecule has 0 radical (unpaired) electrons. The van der Waals surface area contributed by atoms with Crippen LogP contribution in [-0.2, 0) is 20.1 Å². The van der Waals surface area contributed by atoms with E-state index in [0.717, 1.165) is 13.1 Å². The minimum absolute atomic E-state index is 0.129. The van der Waals surface area contributed by atoms with Crippen molar-refractivity contribution >= 4 is 22.4 Å². The Bertz CT molecular complexity index is 789. The Morgan fingerprint density at radius 1 is 1.43 bits per heavy atom. The van der Waals surface area contributed by atoms with Crippen molar-refractivity contribution in [2.75, 3.05) is 6.54 Å². The van der Waals surface area contributed by atoms with E-state index < -0.39 is 0 Å². The normalized spacial score (nSPS) is 11.6. The van der Waals surface area contributed by atoms with Gasteiger partial charge >= 0.3 is 0 Å². The fraction of sp³-hybridized carbons (Fsp3) is 0.357. The lowest BCUT2D eigenvalue weighted by Gasteiger charge is -2.18. The third-order valence-corrected chi connectivity index (χ3v) is 4.29. The number of hydrogen-bond acceptors (Lipinski definition) is 5. The Balaban J connectivity index is 1.86. The molecule has 0 saturated heterocycles. The molecule has 1 N–H and O–H groups in total. The quantitative estimate of drug-likeness (QED) is 0.779. The van der Waals surface area contributed by atoms with E-state index in [1.54, 1.807) is 29.3 Å². The Morgan fingerprint density at radius 2 is 2.29 bits per heavy atom. The Labute approximate surface area is 126 Å². The SMILES string of the molecule is CCN(Cc1nc2c(cnn2C)c(=O)[nH]1)Cc1cccs1. The van der Waals surface area contributed by atoms with Crippen molar-refractivity contribution in [3.8, 4) is 0 Å². The van der Waals surface area contributed by atoms with Crippen molar-refractivity contribution in [3.63, 3.8) is 0 Å². The molecule has 0 fully saturated rings. The lowest BCUT2D eigenvalue weighted by molar-refractivity contribution is 0.267. The zero-order chi connectivity index (χ0) is 14.8. The average Bonchev–Trinajstić information content (AvgIpc) is 3.09. The zero-order valence-corrected chi connectivity index (χ0v) is 12.9. The third-order valence-electron chi connectivity index (χ3n) is 3.43. The number of hydrogen-bond donors (Lipinski definition) is 1. The summed E-state index contributed by atoms with van der Waals surface area (Å²) in [7, 11) is 1.79. The third kappa shape index (κ3) is 2.88. The highest BCUT2D eigenvalue weighted by Crippen LogP contribution is 2.13. The molecule has 0 amide bonds. The summed E-state index contributed by atoms with van der Waals surface area (Å²) < 4.78 is 1.63. The number of thiophene rings is 1. The summed E-state index contributed by atoms with van der Waals surface area (Å²) in [5.41, 5.74) is 0.496. The highest BCUT2D eigenvalue weighted by Gasteiger charge is 2.11. The second-order valence-corrected chi connectivity index (χ2v) is 5.93. The predicted octanol–water partition coefficient (Wildman–Crippen LogP) is 1.74. The summed E-state index contributed by atoms with van der Waals surface area (Å²) in [6, 6.07) is 4.17. The number of aromatic amines is 1. The molecule has 0 unspecified atom stereocenters. The van der Waals surface area contributed by atoms with Gasteiger partial charge in [-0.2, -0.15) is 5.10 Å². The van der Waals surface area contributed by atoms with Crippen molar-refractivity contribution in [1.82, 2.24) is 24.6 Å². The first-order valence-corrected chi connectivity index (χ1v) is 7.71. The molecule has 21 heavy (non-hydrogen) atoms. The van der Waals surface area contributed by atoms with Gasteiger partial charge in [0.2, 0.25) is 0 Å². The van der Waals surface area contributed by atoms with Crippen molar-refractivity contribution < 1.29 is 0 Å². The predicted molar refractivity (Wildman–Crippen MR) is 83.2 cm³/mol. The molecular weight excluding hydrogens is 286 g/mol. The lowest BCUT2D eigenvalue weighted by atomic mass is 10.3. The van der Waals surface area contributed by atoms with Gasteiger partial charge in [-0.25, -0.2) is 4.98 Å². The van der Waals surface area contributed by atoms with Crippen molar-refractivity contribution in [2.24, 2.45) is 7.05 Å². The molecule has 0 aromatic carbocycles. The maximum absolute atomic E-state index is 12.0. The molecule has 0 bridgehead atoms. The highest BCUT2D eigenvalue weighted by atomic mass is 32.1. The number of fused-ring (bicyclic) bond motifs is 1. The topological polar surface area (TPSA) is 66.8 Å². The van der Waals surface area contributed by atoms with Crippen LogP contribution in [-0.4, -0.2) is 31.2 Å². The van der Waals surface area contributed by atoms with Crippen LogP contribution in [0, 0.1) is 0 Å². The molecule has 3 rings (SSSR count). The summed E-state index contributed by atoms with van der Waals surface area (Å²) in [6.45, 7) is 4.48. The minimum atomic E-state index is -0.129. The number of nitrogens with zero attached hydrogens (tertiary/aromatic N) is 4. The monoisotopic (exact) mass is 303 g/mol. The first-order valence-electron chi connectivity index (χ1n) is 6.83. The van der Waals surface area contributed by atoms with Crippen LogP contribution in [0.15, 0.2) is 28.5 Å². The van der Waals surface area contributed by atoms with Crippen LogP contribution in [0.5, 0.6) is 0 Å². The van der Waals surface area contributed by atoms with Gasteiger partial charge in [0.1, 0.15) is 11.2 Å². The second kappa shape index (κ2) is 5.79. The van der Waals surface area contributed by atoms with E-state index in [1.165, 1.54) is 4.88 Å². The van der Waals surface area contributed by atoms with Crippen LogP contribution < -0.4 is 5.56 Å². The van der Waals surface area contributed by atoms with Gasteiger partial charge in [0.05, 0.1) is 12.7 Å². The average molecular weight is 303 g/mol. The van der Waals surface area contributed by atoms with E-state index in [4.69, 9.17) is 0 Å². The molecule has 3 aromatic heterocycles. The smallest absolute Gasteiger partial charge is 0.262 e. The zero-order valence-electron chi connectivity index (χ0n) is 12.0. The minimum Gasteiger partial charge on any atom is -0.309 e. The van der Waals surface area contributed by atoms with Gasteiger partial charge in [0, 0.05) is 18.5 Å². The van der Waals surface area contributed by atoms with E-state index in [-0.39, 0.29) is 5.56 Å². The molecule has 7 heteroatoms. The maximum atomic E-state index is 12.0. The standard InChI is InChI=1S/C14H17N5OS/c1-3-19(8-10-5-4-6-21-10)9-12-16-13-11(14(20)17-12)7-15-18(13)2/h4-7H,3,8-9H2,1-2H3,(H,16,17,20). The molecule has 0 aliphatic carbocycles. The molecular formula is C14H17N5OS. The molecule has 6 nitrogen and oxygen atoms in total. The van der Waals surface area contributed by atoms with E-state index in [1.807, 2.05) is 0 Å². The second-order valence-electron chi connectivity index (χ2n) is 4.90. The fourth-order valence-corrected chi connectivity index (χ4v) is 3.01. The van der Waals surface area contributed by atoms with Crippen LogP contribution in [0.1, 0.15) is 17.6 Å². The van der Waals surface area contributed by atoms with Gasteiger partial charge < -0.3 is 4.98 Å². The highest BCUT2D eigenvalue weighted by molar-refractivity contribution is 7.09. The molecule has 3 aromatic rings. The van der Waals surface area contributed by atoms with Crippen LogP contribution in [0.25, 0.3) is 11.0 Å². The van der Waals surface area contributed by atoms with Gasteiger partial charge in [-0.15, -0.1) is 11.3 Å². The van der Waals surface area contributed by atoms with Crippen molar-refractivity contribution in [3.05, 3.63) is 44.8 Å². The summed E-state index contributed by atoms with van der Waals surface area (Å²) in [5, 5.41) is 6.68. The summed E-state index contributed by atoms with van der Waals surface area (Å²) in [4.78, 5) is 23.0. The molecule has 3 heterocycles. The van der Waals surface area contributed by atoms with Gasteiger partial charge in [-0.05, 0) is 18.0 Å². The number of aromatic nitrogens is 4. The molecule has 0 spiro atoms. The van der Waals surface area contributed by atoms with Gasteiger partial charge in [0.25, 0.3) is 5.56 Å². The lowest BCUT2D eigenvalue weighted by Crippen LogP contribution is -2.25. The summed E-state index contributed by atoms with van der Waals surface area (Å²) >= 11 is 1.74. The number of rotatable bonds is 5. The van der Waals surface area contributed by atoms with Gasteiger partial charge in [0.15, 0.2) is 5.65 Å².